The number of anilines is 1. The Morgan fingerprint density at radius 3 is 2.69 bits per heavy atom. The van der Waals surface area contributed by atoms with E-state index in [9.17, 15) is 4.79 Å². The molecule has 4 aromatic rings. The standard InChI is InChI=1S/C23H17N3O3/c1-15-4-2-3-5-20(15)28-14-22(27)25-18-9-7-17(8-10-18)23-26-19-11-6-16(13-24)12-21(19)29-23/h2-12H,14H2,1H3,(H,25,27). The van der Waals surface area contributed by atoms with Crippen LogP contribution in [-0.2, 0) is 4.79 Å². The van der Waals surface area contributed by atoms with Gasteiger partial charge in [0.05, 0.1) is 11.6 Å². The summed E-state index contributed by atoms with van der Waals surface area (Å²) in [6.45, 7) is 1.86. The maximum absolute atomic E-state index is 12.1. The van der Waals surface area contributed by atoms with Crippen molar-refractivity contribution in [2.75, 3.05) is 11.9 Å². The van der Waals surface area contributed by atoms with Crippen LogP contribution >= 0.6 is 0 Å². The van der Waals surface area contributed by atoms with Gasteiger partial charge >= 0.3 is 0 Å². The van der Waals surface area contributed by atoms with Crippen LogP contribution in [0.2, 0.25) is 0 Å². The van der Waals surface area contributed by atoms with Crippen LogP contribution in [-0.4, -0.2) is 17.5 Å². The van der Waals surface area contributed by atoms with Crippen molar-refractivity contribution in [3.63, 3.8) is 0 Å². The van der Waals surface area contributed by atoms with E-state index in [0.29, 0.717) is 34.0 Å². The number of amides is 1. The molecule has 0 unspecified atom stereocenters. The Hall–Kier alpha value is -4.11. The Kier molecular flexibility index (Phi) is 4.95. The van der Waals surface area contributed by atoms with Crippen molar-refractivity contribution in [3.8, 4) is 23.3 Å². The summed E-state index contributed by atoms with van der Waals surface area (Å²) in [4.78, 5) is 16.6. The number of nitriles is 1. The molecule has 1 N–H and O–H groups in total. The lowest BCUT2D eigenvalue weighted by Gasteiger charge is -2.09. The molecule has 1 aromatic heterocycles. The smallest absolute Gasteiger partial charge is 0.262 e. The van der Waals surface area contributed by atoms with E-state index >= 15 is 0 Å². The number of oxazole rings is 1. The zero-order valence-electron chi connectivity index (χ0n) is 15.7. The number of hydrogen-bond acceptors (Lipinski definition) is 5. The predicted octanol–water partition coefficient (Wildman–Crippen LogP) is 4.69. The molecule has 4 rings (SSSR count). The summed E-state index contributed by atoms with van der Waals surface area (Å²) in [7, 11) is 0. The number of hydrogen-bond donors (Lipinski definition) is 1. The van der Waals surface area contributed by atoms with E-state index < -0.39 is 0 Å². The Balaban J connectivity index is 1.42. The SMILES string of the molecule is Cc1ccccc1OCC(=O)Nc1ccc(-c2nc3ccc(C#N)cc3o2)cc1. The van der Waals surface area contributed by atoms with Gasteiger partial charge in [0.1, 0.15) is 11.3 Å². The largest absolute Gasteiger partial charge is 0.483 e. The summed E-state index contributed by atoms with van der Waals surface area (Å²) in [6.07, 6.45) is 0. The van der Waals surface area contributed by atoms with Crippen molar-refractivity contribution >= 4 is 22.7 Å². The lowest BCUT2D eigenvalue weighted by Crippen LogP contribution is -2.20. The van der Waals surface area contributed by atoms with Crippen molar-refractivity contribution < 1.29 is 13.9 Å². The van der Waals surface area contributed by atoms with E-state index in [1.807, 2.05) is 43.3 Å². The second-order valence-electron chi connectivity index (χ2n) is 6.49. The van der Waals surface area contributed by atoms with Gasteiger partial charge in [0, 0.05) is 17.3 Å². The molecular weight excluding hydrogens is 366 g/mol. The first-order valence-electron chi connectivity index (χ1n) is 9.02. The van der Waals surface area contributed by atoms with Crippen molar-refractivity contribution in [1.82, 2.24) is 4.98 Å². The minimum absolute atomic E-state index is 0.0705. The van der Waals surface area contributed by atoms with Crippen LogP contribution in [0.25, 0.3) is 22.6 Å². The minimum atomic E-state index is -0.244. The molecule has 0 aliphatic rings. The van der Waals surface area contributed by atoms with E-state index in [0.717, 1.165) is 11.1 Å². The van der Waals surface area contributed by atoms with Gasteiger partial charge in [-0.15, -0.1) is 0 Å². The monoisotopic (exact) mass is 383 g/mol. The third-order valence-corrected chi connectivity index (χ3v) is 4.39. The fourth-order valence-corrected chi connectivity index (χ4v) is 2.87. The van der Waals surface area contributed by atoms with Gasteiger partial charge in [-0.25, -0.2) is 4.98 Å². The van der Waals surface area contributed by atoms with E-state index in [-0.39, 0.29) is 12.5 Å². The second-order valence-corrected chi connectivity index (χ2v) is 6.49. The van der Waals surface area contributed by atoms with Crippen molar-refractivity contribution in [2.45, 2.75) is 6.92 Å². The quantitative estimate of drug-likeness (QED) is 0.540. The summed E-state index contributed by atoms with van der Waals surface area (Å²) in [5.41, 5.74) is 4.16. The maximum atomic E-state index is 12.1. The zero-order chi connectivity index (χ0) is 20.2. The Bertz CT molecular complexity index is 1220. The highest BCUT2D eigenvalue weighted by Gasteiger charge is 2.10. The van der Waals surface area contributed by atoms with Crippen molar-refractivity contribution in [1.29, 1.82) is 5.26 Å². The first kappa shape index (κ1) is 18.3. The molecule has 0 fully saturated rings. The molecule has 6 heteroatoms. The fraction of sp³-hybridized carbons (Fsp3) is 0.0870. The van der Waals surface area contributed by atoms with E-state index in [4.69, 9.17) is 14.4 Å². The van der Waals surface area contributed by atoms with Crippen LogP contribution in [0.5, 0.6) is 5.75 Å². The molecule has 0 saturated carbocycles. The topological polar surface area (TPSA) is 88.1 Å². The molecule has 0 aliphatic carbocycles. The van der Waals surface area contributed by atoms with Crippen molar-refractivity contribution in [2.24, 2.45) is 0 Å². The number of benzene rings is 3. The number of aromatic nitrogens is 1. The Morgan fingerprint density at radius 2 is 1.93 bits per heavy atom. The second kappa shape index (κ2) is 7.87. The first-order valence-corrected chi connectivity index (χ1v) is 9.02. The van der Waals surface area contributed by atoms with E-state index in [1.54, 1.807) is 30.3 Å². The number of carbonyl (C=O) groups excluding carboxylic acids is 1. The third kappa shape index (κ3) is 4.09. The lowest BCUT2D eigenvalue weighted by atomic mass is 10.2. The molecule has 29 heavy (non-hydrogen) atoms. The normalized spacial score (nSPS) is 10.5. The highest BCUT2D eigenvalue weighted by atomic mass is 16.5. The van der Waals surface area contributed by atoms with Crippen LogP contribution in [0, 0.1) is 18.3 Å². The van der Waals surface area contributed by atoms with Gasteiger partial charge in [-0.05, 0) is 55.0 Å². The molecule has 1 amide bonds. The van der Waals surface area contributed by atoms with Gasteiger partial charge in [-0.3, -0.25) is 4.79 Å². The van der Waals surface area contributed by atoms with Gasteiger partial charge in [0.25, 0.3) is 5.91 Å². The van der Waals surface area contributed by atoms with Crippen LogP contribution in [0.4, 0.5) is 5.69 Å². The molecule has 0 radical (unpaired) electrons. The summed E-state index contributed by atoms with van der Waals surface area (Å²) in [6, 6.07) is 21.9. The number of carbonyl (C=O) groups is 1. The highest BCUT2D eigenvalue weighted by molar-refractivity contribution is 5.92. The third-order valence-electron chi connectivity index (χ3n) is 4.39. The molecule has 0 spiro atoms. The average Bonchev–Trinajstić information content (AvgIpc) is 3.17. The number of ether oxygens (including phenoxy) is 1. The van der Waals surface area contributed by atoms with Gasteiger partial charge in [0.15, 0.2) is 12.2 Å². The highest BCUT2D eigenvalue weighted by Crippen LogP contribution is 2.26. The van der Waals surface area contributed by atoms with Gasteiger partial charge in [0.2, 0.25) is 5.89 Å². The molecule has 3 aromatic carbocycles. The summed E-state index contributed by atoms with van der Waals surface area (Å²) < 4.78 is 11.3. The number of fused-ring (bicyclic) bond motifs is 1. The number of para-hydroxylation sites is 1. The van der Waals surface area contributed by atoms with E-state index in [2.05, 4.69) is 16.4 Å². The summed E-state index contributed by atoms with van der Waals surface area (Å²) in [5.74, 6) is 0.899. The Morgan fingerprint density at radius 1 is 1.14 bits per heavy atom. The number of nitrogens with zero attached hydrogens (tertiary/aromatic N) is 2. The van der Waals surface area contributed by atoms with Crippen LogP contribution in [0.3, 0.4) is 0 Å². The van der Waals surface area contributed by atoms with Crippen molar-refractivity contribution in [3.05, 3.63) is 77.9 Å². The average molecular weight is 383 g/mol. The van der Waals surface area contributed by atoms with Gasteiger partial charge in [-0.1, -0.05) is 18.2 Å². The summed E-state index contributed by atoms with van der Waals surface area (Å²) in [5, 5.41) is 11.8. The van der Waals surface area contributed by atoms with Crippen LogP contribution in [0.1, 0.15) is 11.1 Å². The molecule has 0 atom stereocenters. The molecule has 0 bridgehead atoms. The molecule has 0 saturated heterocycles. The summed E-state index contributed by atoms with van der Waals surface area (Å²) >= 11 is 0. The fourth-order valence-electron chi connectivity index (χ4n) is 2.87. The van der Waals surface area contributed by atoms with E-state index in [1.165, 1.54) is 0 Å². The predicted molar refractivity (Wildman–Crippen MR) is 109 cm³/mol. The van der Waals surface area contributed by atoms with Crippen LogP contribution < -0.4 is 10.1 Å². The lowest BCUT2D eigenvalue weighted by molar-refractivity contribution is -0.118. The van der Waals surface area contributed by atoms with Gasteiger partial charge < -0.3 is 14.5 Å². The Labute approximate surface area is 167 Å². The molecule has 6 nitrogen and oxygen atoms in total. The number of aryl methyl sites for hydroxylation is 1. The number of nitrogens with one attached hydrogen (secondary N) is 1. The molecule has 1 heterocycles. The van der Waals surface area contributed by atoms with Gasteiger partial charge in [-0.2, -0.15) is 5.26 Å². The first-order chi connectivity index (χ1) is 14.1. The molecule has 0 aliphatic heterocycles. The zero-order valence-corrected chi connectivity index (χ0v) is 15.7. The van der Waals surface area contributed by atoms with Crippen LogP contribution in [0.15, 0.2) is 71.1 Å². The maximum Gasteiger partial charge on any atom is 0.262 e. The molecular formula is C23H17N3O3. The minimum Gasteiger partial charge on any atom is -0.483 e. The number of rotatable bonds is 5. The molecule has 142 valence electrons.